The van der Waals surface area contributed by atoms with Gasteiger partial charge in [-0.2, -0.15) is 0 Å². The number of hydrogen-bond acceptors (Lipinski definition) is 6. The smallest absolute Gasteiger partial charge is 0.179 e. The quantitative estimate of drug-likeness (QED) is 0.732. The summed E-state index contributed by atoms with van der Waals surface area (Å²) >= 11 is 3.21. The van der Waals surface area contributed by atoms with Crippen LogP contribution in [0.1, 0.15) is 10.7 Å². The predicted octanol–water partition coefficient (Wildman–Crippen LogP) is 3.44. The molecule has 0 aliphatic heterocycles. The Hall–Kier alpha value is -1.66. The third kappa shape index (κ3) is 2.41. The second-order valence-electron chi connectivity index (χ2n) is 4.21. The third-order valence-electron chi connectivity index (χ3n) is 2.74. The first-order valence-corrected chi connectivity index (χ1v) is 7.39. The van der Waals surface area contributed by atoms with Crippen molar-refractivity contribution in [3.63, 3.8) is 0 Å². The molecule has 0 aliphatic rings. The number of pyridine rings is 1. The zero-order valence-corrected chi connectivity index (χ0v) is 12.2. The van der Waals surface area contributed by atoms with E-state index in [2.05, 4.69) is 21.2 Å². The van der Waals surface area contributed by atoms with Crippen LogP contribution in [0.4, 0.5) is 5.69 Å². The Labute approximate surface area is 119 Å². The number of aryl methyl sites for hydroxylation is 2. The van der Waals surface area contributed by atoms with E-state index in [1.807, 2.05) is 32.2 Å². The van der Waals surface area contributed by atoms with Gasteiger partial charge >= 0.3 is 0 Å². The van der Waals surface area contributed by atoms with Gasteiger partial charge in [0.1, 0.15) is 5.01 Å². The Balaban J connectivity index is 2.13. The van der Waals surface area contributed by atoms with Crippen LogP contribution < -0.4 is 5.73 Å². The van der Waals surface area contributed by atoms with E-state index in [9.17, 15) is 0 Å². The molecule has 1 aromatic carbocycles. The molecule has 0 atom stereocenters. The molecule has 0 saturated carbocycles. The predicted molar refractivity (Wildman–Crippen MR) is 79.7 cm³/mol. The minimum absolute atomic E-state index is 0.750. The van der Waals surface area contributed by atoms with E-state index in [1.54, 1.807) is 23.1 Å². The van der Waals surface area contributed by atoms with Crippen molar-refractivity contribution in [2.75, 3.05) is 5.73 Å². The molecule has 3 rings (SSSR count). The van der Waals surface area contributed by atoms with E-state index >= 15 is 0 Å². The fraction of sp³-hybridized carbons (Fsp3) is 0.154. The maximum absolute atomic E-state index is 6.00. The minimum atomic E-state index is 0.750. The molecule has 0 radical (unpaired) electrons. The van der Waals surface area contributed by atoms with Gasteiger partial charge in [-0.05, 0) is 32.0 Å². The van der Waals surface area contributed by atoms with Gasteiger partial charge in [-0.3, -0.25) is 4.98 Å². The second kappa shape index (κ2) is 4.79. The fourth-order valence-corrected chi connectivity index (χ4v) is 3.74. The van der Waals surface area contributed by atoms with Crippen molar-refractivity contribution in [3.8, 4) is 0 Å². The SMILES string of the molecule is Cc1cc2c(Sc3nnc(C)s3)ccc(N)c2cn1. The molecule has 96 valence electrons. The van der Waals surface area contributed by atoms with Crippen LogP contribution in [0.25, 0.3) is 10.8 Å². The molecule has 2 N–H and O–H groups in total. The summed E-state index contributed by atoms with van der Waals surface area (Å²) < 4.78 is 0.943. The lowest BCUT2D eigenvalue weighted by atomic mass is 10.1. The number of rotatable bonds is 2. The Bertz CT molecular complexity index is 751. The van der Waals surface area contributed by atoms with E-state index in [1.165, 1.54) is 0 Å². The normalized spacial score (nSPS) is 11.1. The van der Waals surface area contributed by atoms with Crippen LogP contribution in [-0.4, -0.2) is 15.2 Å². The zero-order chi connectivity index (χ0) is 13.4. The summed E-state index contributed by atoms with van der Waals surface area (Å²) in [6, 6.07) is 6.00. The van der Waals surface area contributed by atoms with Gasteiger partial charge in [-0.15, -0.1) is 10.2 Å². The Morgan fingerprint density at radius 1 is 1.16 bits per heavy atom. The molecule has 4 nitrogen and oxygen atoms in total. The number of aromatic nitrogens is 3. The van der Waals surface area contributed by atoms with Crippen molar-refractivity contribution in [2.24, 2.45) is 0 Å². The summed E-state index contributed by atoms with van der Waals surface area (Å²) in [4.78, 5) is 5.44. The van der Waals surface area contributed by atoms with Gasteiger partial charge in [0.05, 0.1) is 0 Å². The average molecular weight is 288 g/mol. The summed E-state index contributed by atoms with van der Waals surface area (Å²) in [6.45, 7) is 3.93. The van der Waals surface area contributed by atoms with Crippen LogP contribution in [0.5, 0.6) is 0 Å². The van der Waals surface area contributed by atoms with Crippen molar-refractivity contribution in [1.29, 1.82) is 0 Å². The van der Waals surface area contributed by atoms with Crippen molar-refractivity contribution >= 4 is 39.6 Å². The number of nitrogens with two attached hydrogens (primary N) is 1. The highest BCUT2D eigenvalue weighted by molar-refractivity contribution is 8.01. The van der Waals surface area contributed by atoms with Crippen LogP contribution in [0.2, 0.25) is 0 Å². The highest BCUT2D eigenvalue weighted by Crippen LogP contribution is 2.36. The maximum Gasteiger partial charge on any atom is 0.179 e. The Kier molecular flexibility index (Phi) is 3.12. The maximum atomic E-state index is 6.00. The summed E-state index contributed by atoms with van der Waals surface area (Å²) in [5, 5.41) is 11.3. The van der Waals surface area contributed by atoms with Gasteiger partial charge in [-0.25, -0.2) is 0 Å². The Morgan fingerprint density at radius 2 is 2.00 bits per heavy atom. The standard InChI is InChI=1S/C13H12N4S2/c1-7-5-9-10(6-15-7)11(14)3-4-12(9)19-13-17-16-8(2)18-13/h3-6H,14H2,1-2H3. The van der Waals surface area contributed by atoms with Gasteiger partial charge < -0.3 is 5.73 Å². The van der Waals surface area contributed by atoms with E-state index in [-0.39, 0.29) is 0 Å². The number of benzene rings is 1. The summed E-state index contributed by atoms with van der Waals surface area (Å²) in [7, 11) is 0. The first-order valence-electron chi connectivity index (χ1n) is 5.76. The topological polar surface area (TPSA) is 64.7 Å². The lowest BCUT2D eigenvalue weighted by Crippen LogP contribution is -1.90. The van der Waals surface area contributed by atoms with E-state index in [0.717, 1.165) is 36.4 Å². The molecule has 0 saturated heterocycles. The minimum Gasteiger partial charge on any atom is -0.398 e. The van der Waals surface area contributed by atoms with Crippen molar-refractivity contribution in [3.05, 3.63) is 35.1 Å². The fourth-order valence-electron chi connectivity index (χ4n) is 1.84. The molecule has 2 aromatic heterocycles. The average Bonchev–Trinajstić information content (AvgIpc) is 2.78. The third-order valence-corrected chi connectivity index (χ3v) is 4.70. The van der Waals surface area contributed by atoms with Gasteiger partial charge in [0.15, 0.2) is 4.34 Å². The molecule has 0 unspecified atom stereocenters. The summed E-state index contributed by atoms with van der Waals surface area (Å²) in [5.74, 6) is 0. The lowest BCUT2D eigenvalue weighted by molar-refractivity contribution is 0.984. The molecule has 0 fully saturated rings. The van der Waals surface area contributed by atoms with E-state index < -0.39 is 0 Å². The van der Waals surface area contributed by atoms with Crippen molar-refractivity contribution < 1.29 is 0 Å². The van der Waals surface area contributed by atoms with E-state index in [4.69, 9.17) is 5.73 Å². The number of fused-ring (bicyclic) bond motifs is 1. The van der Waals surface area contributed by atoms with E-state index in [0.29, 0.717) is 0 Å². The number of nitrogen functional groups attached to an aromatic ring is 1. The molecule has 19 heavy (non-hydrogen) atoms. The van der Waals surface area contributed by atoms with Crippen LogP contribution in [0, 0.1) is 13.8 Å². The van der Waals surface area contributed by atoms with Gasteiger partial charge in [0.2, 0.25) is 0 Å². The van der Waals surface area contributed by atoms with Crippen LogP contribution in [0.15, 0.2) is 33.6 Å². The molecule has 0 bridgehead atoms. The van der Waals surface area contributed by atoms with Crippen molar-refractivity contribution in [2.45, 2.75) is 23.1 Å². The molecule has 0 aliphatic carbocycles. The summed E-state index contributed by atoms with van der Waals surface area (Å²) in [5.41, 5.74) is 7.73. The molecular formula is C13H12N4S2. The Morgan fingerprint density at radius 3 is 2.74 bits per heavy atom. The van der Waals surface area contributed by atoms with Crippen LogP contribution in [-0.2, 0) is 0 Å². The summed E-state index contributed by atoms with van der Waals surface area (Å²) in [6.07, 6.45) is 1.83. The monoisotopic (exact) mass is 288 g/mol. The van der Waals surface area contributed by atoms with Gasteiger partial charge in [0, 0.05) is 33.2 Å². The number of anilines is 1. The molecule has 6 heteroatoms. The number of hydrogen-bond donors (Lipinski definition) is 1. The largest absolute Gasteiger partial charge is 0.398 e. The molecule has 3 aromatic rings. The first-order chi connectivity index (χ1) is 9.13. The first kappa shape index (κ1) is 12.4. The zero-order valence-electron chi connectivity index (χ0n) is 10.5. The second-order valence-corrected chi connectivity index (χ2v) is 6.68. The molecule has 2 heterocycles. The van der Waals surface area contributed by atoms with Crippen molar-refractivity contribution in [1.82, 2.24) is 15.2 Å². The van der Waals surface area contributed by atoms with Crippen LogP contribution in [0.3, 0.4) is 0 Å². The van der Waals surface area contributed by atoms with Crippen LogP contribution >= 0.6 is 23.1 Å². The molecule has 0 amide bonds. The lowest BCUT2D eigenvalue weighted by Gasteiger charge is -2.07. The number of nitrogens with zero attached hydrogens (tertiary/aromatic N) is 3. The molecular weight excluding hydrogens is 276 g/mol. The van der Waals surface area contributed by atoms with Gasteiger partial charge in [-0.1, -0.05) is 23.1 Å². The highest BCUT2D eigenvalue weighted by Gasteiger charge is 2.09. The molecule has 0 spiro atoms. The van der Waals surface area contributed by atoms with Gasteiger partial charge in [0.25, 0.3) is 0 Å². The highest BCUT2D eigenvalue weighted by atomic mass is 32.2.